The maximum absolute atomic E-state index is 13.7. The average Bonchev–Trinajstić information content (AvgIpc) is 2.91. The van der Waals surface area contributed by atoms with Crippen molar-refractivity contribution in [2.24, 2.45) is 5.10 Å². The van der Waals surface area contributed by atoms with Gasteiger partial charge in [-0.25, -0.2) is 13.8 Å². The van der Waals surface area contributed by atoms with E-state index in [9.17, 15) is 13.2 Å². The van der Waals surface area contributed by atoms with Crippen LogP contribution in [0.5, 0.6) is 17.2 Å². The monoisotopic (exact) mass is 525 g/mol. The molecule has 0 aliphatic heterocycles. The number of carbonyl (C=O) groups excluding carboxylic acids is 1. The molecule has 0 saturated carbocycles. The van der Waals surface area contributed by atoms with Gasteiger partial charge in [0.15, 0.2) is 11.5 Å². The topological polar surface area (TPSA) is 107 Å². The molecule has 0 aromatic heterocycles. The fourth-order valence-corrected chi connectivity index (χ4v) is 4.92. The Morgan fingerprint density at radius 3 is 2.14 bits per heavy atom. The van der Waals surface area contributed by atoms with Crippen LogP contribution in [0.4, 0.5) is 5.69 Å². The lowest BCUT2D eigenvalue weighted by Gasteiger charge is -2.24. The highest BCUT2D eigenvalue weighted by atomic mass is 32.2. The zero-order valence-corrected chi connectivity index (χ0v) is 22.3. The normalized spacial score (nSPS) is 11.4. The number of nitrogens with zero attached hydrogens (tertiary/aromatic N) is 2. The molecule has 3 aromatic rings. The molecule has 0 fully saturated rings. The van der Waals surface area contributed by atoms with E-state index in [4.69, 9.17) is 14.2 Å². The van der Waals surface area contributed by atoms with Crippen LogP contribution in [0.3, 0.4) is 0 Å². The van der Waals surface area contributed by atoms with Crippen LogP contribution in [-0.4, -0.2) is 48.4 Å². The molecule has 10 heteroatoms. The molecule has 0 bridgehead atoms. The van der Waals surface area contributed by atoms with E-state index in [1.165, 1.54) is 51.3 Å². The van der Waals surface area contributed by atoms with Crippen LogP contribution in [0.2, 0.25) is 0 Å². The molecule has 0 heterocycles. The van der Waals surface area contributed by atoms with E-state index in [-0.39, 0.29) is 16.3 Å². The molecule has 3 aromatic carbocycles. The van der Waals surface area contributed by atoms with Crippen molar-refractivity contribution >= 4 is 27.8 Å². The summed E-state index contributed by atoms with van der Waals surface area (Å²) in [5.74, 6) is 0.962. The summed E-state index contributed by atoms with van der Waals surface area (Å²) < 4.78 is 43.9. The Morgan fingerprint density at radius 2 is 1.57 bits per heavy atom. The number of hydrogen-bond acceptors (Lipinski definition) is 7. The van der Waals surface area contributed by atoms with Gasteiger partial charge in [0.05, 0.1) is 38.1 Å². The van der Waals surface area contributed by atoms with Gasteiger partial charge in [-0.15, -0.1) is 0 Å². The molecule has 37 heavy (non-hydrogen) atoms. The van der Waals surface area contributed by atoms with Gasteiger partial charge in [-0.1, -0.05) is 38.1 Å². The summed E-state index contributed by atoms with van der Waals surface area (Å²) in [5.41, 5.74) is 4.68. The number of anilines is 1. The third-order valence-corrected chi connectivity index (χ3v) is 7.37. The number of methoxy groups -OCH3 is 3. The predicted octanol–water partition coefficient (Wildman–Crippen LogP) is 4.18. The van der Waals surface area contributed by atoms with Crippen molar-refractivity contribution in [3.8, 4) is 17.2 Å². The smallest absolute Gasteiger partial charge is 0.264 e. The molecular weight excluding hydrogens is 494 g/mol. The van der Waals surface area contributed by atoms with Crippen molar-refractivity contribution in [2.45, 2.75) is 24.7 Å². The van der Waals surface area contributed by atoms with Crippen LogP contribution < -0.4 is 23.9 Å². The van der Waals surface area contributed by atoms with E-state index < -0.39 is 22.5 Å². The molecule has 0 radical (unpaired) electrons. The molecule has 1 amide bonds. The molecule has 9 nitrogen and oxygen atoms in total. The van der Waals surface area contributed by atoms with E-state index >= 15 is 0 Å². The Morgan fingerprint density at radius 1 is 0.919 bits per heavy atom. The van der Waals surface area contributed by atoms with Crippen molar-refractivity contribution in [3.05, 3.63) is 77.9 Å². The molecule has 0 unspecified atom stereocenters. The molecule has 3 rings (SSSR count). The third kappa shape index (κ3) is 6.79. The molecular formula is C27H31N3O6S. The summed E-state index contributed by atoms with van der Waals surface area (Å²) in [5, 5.41) is 3.99. The van der Waals surface area contributed by atoms with E-state index in [0.29, 0.717) is 17.4 Å². The molecule has 196 valence electrons. The molecule has 0 aliphatic carbocycles. The Hall–Kier alpha value is -4.05. The lowest BCUT2D eigenvalue weighted by molar-refractivity contribution is -0.119. The van der Waals surface area contributed by atoms with Crippen LogP contribution in [0.1, 0.15) is 30.9 Å². The highest BCUT2D eigenvalue weighted by Gasteiger charge is 2.28. The molecule has 0 aliphatic rings. The number of sulfonamides is 1. The Bertz CT molecular complexity index is 1340. The lowest BCUT2D eigenvalue weighted by atomic mass is 10.0. The number of amides is 1. The predicted molar refractivity (Wildman–Crippen MR) is 143 cm³/mol. The van der Waals surface area contributed by atoms with Gasteiger partial charge in [0.25, 0.3) is 15.9 Å². The van der Waals surface area contributed by atoms with Crippen LogP contribution in [0.15, 0.2) is 76.7 Å². The van der Waals surface area contributed by atoms with E-state index in [1.54, 1.807) is 24.3 Å². The zero-order valence-electron chi connectivity index (χ0n) is 21.5. The number of benzene rings is 3. The largest absolute Gasteiger partial charge is 0.497 e. The van der Waals surface area contributed by atoms with Crippen LogP contribution in [0, 0.1) is 0 Å². The van der Waals surface area contributed by atoms with Gasteiger partial charge in [-0.3, -0.25) is 9.10 Å². The first kappa shape index (κ1) is 27.5. The summed E-state index contributed by atoms with van der Waals surface area (Å²) in [4.78, 5) is 12.7. The quantitative estimate of drug-likeness (QED) is 0.297. The Labute approximate surface area is 217 Å². The first-order valence-electron chi connectivity index (χ1n) is 11.5. The van der Waals surface area contributed by atoms with Crippen molar-refractivity contribution in [3.63, 3.8) is 0 Å². The molecule has 1 N–H and O–H groups in total. The SMILES string of the molecule is COc1ccc(N(CC(=O)N/N=C\c2ccc(C(C)C)cc2)S(=O)(=O)c2ccc(OC)c(OC)c2)cc1. The molecule has 0 spiro atoms. The number of ether oxygens (including phenoxy) is 3. The van der Waals surface area contributed by atoms with Crippen LogP contribution in [-0.2, 0) is 14.8 Å². The standard InChI is InChI=1S/C27H31N3O6S/c1-19(2)21-8-6-20(7-9-21)17-28-29-27(31)18-30(22-10-12-23(34-3)13-11-22)37(32,33)24-14-15-25(35-4)26(16-24)36-5/h6-17,19H,18H2,1-5H3,(H,29,31)/b28-17-. The highest BCUT2D eigenvalue weighted by Crippen LogP contribution is 2.32. The van der Waals surface area contributed by atoms with Crippen molar-refractivity contribution < 1.29 is 27.4 Å². The second kappa shape index (κ2) is 12.3. The van der Waals surface area contributed by atoms with Gasteiger partial charge in [0, 0.05) is 6.07 Å². The number of hydrazone groups is 1. The zero-order chi connectivity index (χ0) is 27.0. The maximum atomic E-state index is 13.7. The van der Waals surface area contributed by atoms with Crippen molar-refractivity contribution in [2.75, 3.05) is 32.2 Å². The van der Waals surface area contributed by atoms with Crippen LogP contribution >= 0.6 is 0 Å². The summed E-state index contributed by atoms with van der Waals surface area (Å²) >= 11 is 0. The van der Waals surface area contributed by atoms with Gasteiger partial charge in [0.2, 0.25) is 0 Å². The fraction of sp³-hybridized carbons (Fsp3) is 0.259. The second-order valence-electron chi connectivity index (χ2n) is 8.34. The van der Waals surface area contributed by atoms with Gasteiger partial charge in [0.1, 0.15) is 12.3 Å². The Kier molecular flexibility index (Phi) is 9.13. The van der Waals surface area contributed by atoms with E-state index in [1.807, 2.05) is 24.3 Å². The summed E-state index contributed by atoms with van der Waals surface area (Å²) in [7, 11) is 0.208. The fourth-order valence-electron chi connectivity index (χ4n) is 3.48. The number of hydrogen-bond donors (Lipinski definition) is 1. The number of nitrogens with one attached hydrogen (secondary N) is 1. The number of carbonyl (C=O) groups is 1. The van der Waals surface area contributed by atoms with Crippen LogP contribution in [0.25, 0.3) is 0 Å². The van der Waals surface area contributed by atoms with Gasteiger partial charge < -0.3 is 14.2 Å². The summed E-state index contributed by atoms with van der Waals surface area (Å²) in [6.07, 6.45) is 1.50. The van der Waals surface area contributed by atoms with E-state index in [0.717, 1.165) is 9.87 Å². The first-order chi connectivity index (χ1) is 17.7. The molecule has 0 saturated heterocycles. The first-order valence-corrected chi connectivity index (χ1v) is 12.9. The Balaban J connectivity index is 1.86. The summed E-state index contributed by atoms with van der Waals surface area (Å²) in [6, 6.07) is 18.4. The minimum absolute atomic E-state index is 0.0671. The minimum Gasteiger partial charge on any atom is -0.497 e. The second-order valence-corrected chi connectivity index (χ2v) is 10.2. The highest BCUT2D eigenvalue weighted by molar-refractivity contribution is 7.92. The van der Waals surface area contributed by atoms with Gasteiger partial charge in [-0.2, -0.15) is 5.10 Å². The van der Waals surface area contributed by atoms with Crippen molar-refractivity contribution in [1.29, 1.82) is 0 Å². The number of rotatable bonds is 11. The van der Waals surface area contributed by atoms with Gasteiger partial charge in [-0.05, 0) is 53.4 Å². The lowest BCUT2D eigenvalue weighted by Crippen LogP contribution is -2.39. The van der Waals surface area contributed by atoms with E-state index in [2.05, 4.69) is 24.4 Å². The average molecular weight is 526 g/mol. The minimum atomic E-state index is -4.17. The third-order valence-electron chi connectivity index (χ3n) is 5.60. The molecule has 0 atom stereocenters. The summed E-state index contributed by atoms with van der Waals surface area (Å²) in [6.45, 7) is 3.70. The maximum Gasteiger partial charge on any atom is 0.264 e. The van der Waals surface area contributed by atoms with Crippen molar-refractivity contribution in [1.82, 2.24) is 5.43 Å². The van der Waals surface area contributed by atoms with Gasteiger partial charge >= 0.3 is 0 Å².